The van der Waals surface area contributed by atoms with Gasteiger partial charge in [-0.15, -0.1) is 0 Å². The summed E-state index contributed by atoms with van der Waals surface area (Å²) >= 11 is 0. The van der Waals surface area contributed by atoms with Crippen molar-refractivity contribution in [3.63, 3.8) is 0 Å². The summed E-state index contributed by atoms with van der Waals surface area (Å²) in [4.78, 5) is 4.22. The molecule has 0 amide bonds. The molecule has 1 aromatic carbocycles. The largest absolute Gasteiger partial charge is 0.379 e. The maximum absolute atomic E-state index is 4.22. The van der Waals surface area contributed by atoms with Crippen molar-refractivity contribution in [3.05, 3.63) is 47.5 Å². The molecule has 3 heteroatoms. The lowest BCUT2D eigenvalue weighted by atomic mass is 9.94. The summed E-state index contributed by atoms with van der Waals surface area (Å²) in [6.07, 6.45) is 3.83. The Morgan fingerprint density at radius 2 is 1.90 bits per heavy atom. The fraction of sp³-hybridized carbons (Fsp3) is 0.500. The van der Waals surface area contributed by atoms with E-state index < -0.39 is 0 Å². The van der Waals surface area contributed by atoms with Crippen LogP contribution in [0.1, 0.15) is 63.3 Å². The van der Waals surface area contributed by atoms with Crippen LogP contribution in [0.3, 0.4) is 0 Å². The first-order chi connectivity index (χ1) is 10.0. The van der Waals surface area contributed by atoms with Crippen molar-refractivity contribution < 1.29 is 0 Å². The van der Waals surface area contributed by atoms with E-state index in [0.29, 0.717) is 11.8 Å². The molecule has 21 heavy (non-hydrogen) atoms. The fourth-order valence-electron chi connectivity index (χ4n) is 2.54. The lowest BCUT2D eigenvalue weighted by Gasteiger charge is -2.18. The van der Waals surface area contributed by atoms with Crippen LogP contribution < -0.4 is 5.32 Å². The van der Waals surface area contributed by atoms with Crippen molar-refractivity contribution in [3.8, 4) is 0 Å². The Labute approximate surface area is 128 Å². The highest BCUT2D eigenvalue weighted by molar-refractivity contribution is 5.54. The van der Waals surface area contributed by atoms with Gasteiger partial charge in [0.25, 0.3) is 0 Å². The number of imidazole rings is 1. The maximum Gasteiger partial charge on any atom is 0.0948 e. The van der Waals surface area contributed by atoms with Crippen molar-refractivity contribution in [2.24, 2.45) is 0 Å². The van der Waals surface area contributed by atoms with E-state index in [0.717, 1.165) is 13.1 Å². The number of hydrogen-bond acceptors (Lipinski definition) is 2. The molecule has 0 aliphatic heterocycles. The molecule has 0 spiro atoms. The van der Waals surface area contributed by atoms with Gasteiger partial charge in [-0.2, -0.15) is 0 Å². The normalized spacial score (nSPS) is 11.4. The molecule has 1 N–H and O–H groups in total. The van der Waals surface area contributed by atoms with E-state index in [9.17, 15) is 0 Å². The van der Waals surface area contributed by atoms with Gasteiger partial charge in [-0.25, -0.2) is 4.98 Å². The van der Waals surface area contributed by atoms with Gasteiger partial charge in [-0.1, -0.05) is 39.8 Å². The lowest BCUT2D eigenvalue weighted by molar-refractivity contribution is 0.719. The highest BCUT2D eigenvalue weighted by Gasteiger charge is 2.10. The third-order valence-corrected chi connectivity index (χ3v) is 3.96. The number of aromatic nitrogens is 2. The van der Waals surface area contributed by atoms with E-state index in [1.807, 2.05) is 12.5 Å². The maximum atomic E-state index is 4.22. The van der Waals surface area contributed by atoms with Gasteiger partial charge in [0.05, 0.1) is 18.6 Å². The number of rotatable bonds is 6. The second-order valence-corrected chi connectivity index (χ2v) is 6.18. The van der Waals surface area contributed by atoms with Crippen LogP contribution in [0.4, 0.5) is 5.69 Å². The molecule has 0 fully saturated rings. The first kappa shape index (κ1) is 15.6. The zero-order valence-electron chi connectivity index (χ0n) is 13.9. The van der Waals surface area contributed by atoms with Crippen molar-refractivity contribution >= 4 is 5.69 Å². The molecule has 3 nitrogen and oxygen atoms in total. The summed E-state index contributed by atoms with van der Waals surface area (Å²) in [7, 11) is 0. The van der Waals surface area contributed by atoms with Gasteiger partial charge in [0.1, 0.15) is 0 Å². The number of nitrogens with zero attached hydrogens (tertiary/aromatic N) is 2. The minimum atomic E-state index is 0.516. The average Bonchev–Trinajstić information content (AvgIpc) is 2.92. The number of anilines is 1. The molecule has 0 radical (unpaired) electrons. The number of aryl methyl sites for hydroxylation is 1. The van der Waals surface area contributed by atoms with Crippen LogP contribution in [0.5, 0.6) is 0 Å². The van der Waals surface area contributed by atoms with Crippen LogP contribution in [0.2, 0.25) is 0 Å². The molecule has 0 unspecified atom stereocenters. The highest BCUT2D eigenvalue weighted by Crippen LogP contribution is 2.28. The summed E-state index contributed by atoms with van der Waals surface area (Å²) in [6, 6.07) is 6.79. The second kappa shape index (κ2) is 6.79. The standard InChI is InChI=1S/C18H27N3/c1-6-21-12-19-10-16(21)11-20-18-8-7-15(13(2)3)9-17(18)14(4)5/h7-10,12-14,20H,6,11H2,1-5H3. The molecule has 0 saturated carbocycles. The predicted octanol–water partition coefficient (Wildman–Crippen LogP) is 4.76. The number of nitrogens with one attached hydrogen (secondary N) is 1. The Morgan fingerprint density at radius 1 is 1.14 bits per heavy atom. The molecule has 0 aliphatic rings. The SMILES string of the molecule is CCn1cncc1CNc1ccc(C(C)C)cc1C(C)C. The molecule has 0 aliphatic carbocycles. The average molecular weight is 285 g/mol. The van der Waals surface area contributed by atoms with E-state index in [4.69, 9.17) is 0 Å². The van der Waals surface area contributed by atoms with Crippen LogP contribution in [-0.4, -0.2) is 9.55 Å². The lowest BCUT2D eigenvalue weighted by Crippen LogP contribution is -2.08. The summed E-state index contributed by atoms with van der Waals surface area (Å²) in [5.74, 6) is 1.08. The molecule has 0 bridgehead atoms. The van der Waals surface area contributed by atoms with Crippen LogP contribution in [0.15, 0.2) is 30.7 Å². The Balaban J connectivity index is 2.19. The molecule has 0 saturated heterocycles. The topological polar surface area (TPSA) is 29.9 Å². The van der Waals surface area contributed by atoms with Gasteiger partial charge < -0.3 is 9.88 Å². The van der Waals surface area contributed by atoms with Crippen molar-refractivity contribution in [1.82, 2.24) is 9.55 Å². The first-order valence-electron chi connectivity index (χ1n) is 7.89. The van der Waals surface area contributed by atoms with E-state index in [2.05, 4.69) is 67.7 Å². The second-order valence-electron chi connectivity index (χ2n) is 6.18. The predicted molar refractivity (Wildman–Crippen MR) is 89.8 cm³/mol. The summed E-state index contributed by atoms with van der Waals surface area (Å²) < 4.78 is 2.17. The number of benzene rings is 1. The monoisotopic (exact) mass is 285 g/mol. The van der Waals surface area contributed by atoms with E-state index in [1.165, 1.54) is 22.5 Å². The third kappa shape index (κ3) is 3.66. The molecular formula is C18H27N3. The fourth-order valence-corrected chi connectivity index (χ4v) is 2.54. The van der Waals surface area contributed by atoms with Gasteiger partial charge in [-0.3, -0.25) is 0 Å². The molecule has 114 valence electrons. The zero-order chi connectivity index (χ0) is 15.4. The molecule has 1 aromatic heterocycles. The quantitative estimate of drug-likeness (QED) is 0.829. The Bertz CT molecular complexity index is 582. The van der Waals surface area contributed by atoms with Gasteiger partial charge in [-0.05, 0) is 36.0 Å². The first-order valence-corrected chi connectivity index (χ1v) is 7.89. The van der Waals surface area contributed by atoms with Crippen molar-refractivity contribution in [2.45, 2.75) is 59.5 Å². The molecule has 2 aromatic rings. The highest BCUT2D eigenvalue weighted by atomic mass is 15.1. The Kier molecular flexibility index (Phi) is 5.05. The van der Waals surface area contributed by atoms with E-state index in [1.54, 1.807) is 0 Å². The Morgan fingerprint density at radius 3 is 2.52 bits per heavy atom. The van der Waals surface area contributed by atoms with Crippen LogP contribution in [0, 0.1) is 0 Å². The third-order valence-electron chi connectivity index (χ3n) is 3.96. The molecule has 1 heterocycles. The van der Waals surface area contributed by atoms with Crippen molar-refractivity contribution in [2.75, 3.05) is 5.32 Å². The molecule has 0 atom stereocenters. The van der Waals surface area contributed by atoms with Crippen LogP contribution in [0.25, 0.3) is 0 Å². The van der Waals surface area contributed by atoms with Gasteiger partial charge in [0.2, 0.25) is 0 Å². The van der Waals surface area contributed by atoms with Gasteiger partial charge in [0, 0.05) is 18.4 Å². The van der Waals surface area contributed by atoms with Crippen LogP contribution >= 0.6 is 0 Å². The summed E-state index contributed by atoms with van der Waals surface area (Å²) in [5.41, 5.74) is 5.25. The van der Waals surface area contributed by atoms with Gasteiger partial charge >= 0.3 is 0 Å². The smallest absolute Gasteiger partial charge is 0.0948 e. The van der Waals surface area contributed by atoms with Crippen LogP contribution in [-0.2, 0) is 13.1 Å². The summed E-state index contributed by atoms with van der Waals surface area (Å²) in [5, 5.41) is 3.58. The van der Waals surface area contributed by atoms with Crippen molar-refractivity contribution in [1.29, 1.82) is 0 Å². The zero-order valence-corrected chi connectivity index (χ0v) is 13.9. The summed E-state index contributed by atoms with van der Waals surface area (Å²) in [6.45, 7) is 12.9. The van der Waals surface area contributed by atoms with E-state index in [-0.39, 0.29) is 0 Å². The van der Waals surface area contributed by atoms with E-state index >= 15 is 0 Å². The number of hydrogen-bond donors (Lipinski definition) is 1. The molecule has 2 rings (SSSR count). The Hall–Kier alpha value is -1.77. The van der Waals surface area contributed by atoms with Gasteiger partial charge in [0.15, 0.2) is 0 Å². The minimum Gasteiger partial charge on any atom is -0.379 e. The minimum absolute atomic E-state index is 0.516. The molecular weight excluding hydrogens is 258 g/mol.